The van der Waals surface area contributed by atoms with Crippen molar-refractivity contribution in [2.45, 2.75) is 43.8 Å². The Morgan fingerprint density at radius 1 is 1.29 bits per heavy atom. The van der Waals surface area contributed by atoms with Crippen LogP contribution >= 0.6 is 0 Å². The van der Waals surface area contributed by atoms with Gasteiger partial charge in [0.2, 0.25) is 11.7 Å². The zero-order valence-electron chi connectivity index (χ0n) is 15.4. The van der Waals surface area contributed by atoms with Crippen molar-refractivity contribution < 1.29 is 18.4 Å². The van der Waals surface area contributed by atoms with Crippen LogP contribution in [0, 0.1) is 5.92 Å². The zero-order valence-corrected chi connectivity index (χ0v) is 15.4. The number of carbonyl (C=O) groups is 2. The van der Waals surface area contributed by atoms with Crippen LogP contribution in [0.25, 0.3) is 0 Å². The minimum absolute atomic E-state index is 0.0519. The van der Waals surface area contributed by atoms with Gasteiger partial charge in [0, 0.05) is 25.4 Å². The Balaban J connectivity index is 1.41. The van der Waals surface area contributed by atoms with Gasteiger partial charge in [-0.25, -0.2) is 18.4 Å². The van der Waals surface area contributed by atoms with E-state index in [0.717, 1.165) is 5.56 Å². The van der Waals surface area contributed by atoms with Gasteiger partial charge in [-0.3, -0.25) is 9.59 Å². The number of carbonyl (C=O) groups excluding carboxylic acids is 2. The number of aromatic nitrogens is 3. The highest BCUT2D eigenvalue weighted by molar-refractivity contribution is 5.94. The Labute approximate surface area is 160 Å². The summed E-state index contributed by atoms with van der Waals surface area (Å²) in [5, 5.41) is 6.77. The Morgan fingerprint density at radius 2 is 2.04 bits per heavy atom. The third-order valence-electron chi connectivity index (χ3n) is 5.63. The van der Waals surface area contributed by atoms with Gasteiger partial charge in [-0.05, 0) is 18.4 Å². The molecule has 1 aliphatic carbocycles. The highest BCUT2D eigenvalue weighted by Crippen LogP contribution is 2.49. The molecule has 9 heteroatoms. The molecule has 1 saturated heterocycles. The minimum atomic E-state index is -2.74. The molecule has 1 N–H and O–H groups in total. The van der Waals surface area contributed by atoms with Crippen LogP contribution in [0.3, 0.4) is 0 Å². The molecule has 2 amide bonds. The number of benzene rings is 1. The Hall–Kier alpha value is -2.84. The van der Waals surface area contributed by atoms with Crippen LogP contribution in [-0.4, -0.2) is 56.5 Å². The molecule has 7 nitrogen and oxygen atoms in total. The third-order valence-corrected chi connectivity index (χ3v) is 5.63. The molecule has 1 aromatic heterocycles. The smallest absolute Gasteiger partial charge is 0.291 e. The second kappa shape index (κ2) is 6.96. The third kappa shape index (κ3) is 3.36. The summed E-state index contributed by atoms with van der Waals surface area (Å²) in [6.45, 7) is 0.463. The van der Waals surface area contributed by atoms with E-state index in [1.165, 1.54) is 23.0 Å². The van der Waals surface area contributed by atoms with E-state index < -0.39 is 29.8 Å². The first-order valence-corrected chi connectivity index (χ1v) is 9.24. The van der Waals surface area contributed by atoms with Gasteiger partial charge in [-0.1, -0.05) is 30.3 Å². The zero-order chi connectivity index (χ0) is 19.9. The van der Waals surface area contributed by atoms with E-state index in [9.17, 15) is 18.4 Å². The maximum Gasteiger partial charge on any atom is 0.291 e. The van der Waals surface area contributed by atoms with Crippen molar-refractivity contribution >= 4 is 11.8 Å². The fraction of sp³-hybridized carbons (Fsp3) is 0.474. The molecule has 0 spiro atoms. The molecule has 3 atom stereocenters. The molecule has 2 aromatic rings. The van der Waals surface area contributed by atoms with Crippen molar-refractivity contribution in [2.24, 2.45) is 5.92 Å². The fourth-order valence-corrected chi connectivity index (χ4v) is 3.98. The number of rotatable bonds is 4. The summed E-state index contributed by atoms with van der Waals surface area (Å²) < 4.78 is 29.0. The molecule has 2 fully saturated rings. The van der Waals surface area contributed by atoms with Gasteiger partial charge in [0.25, 0.3) is 11.8 Å². The van der Waals surface area contributed by atoms with Crippen molar-refractivity contribution in [2.75, 3.05) is 7.05 Å². The summed E-state index contributed by atoms with van der Waals surface area (Å²) in [6.07, 6.45) is 1.50. The second-order valence-corrected chi connectivity index (χ2v) is 7.44. The number of likely N-dealkylation sites (tertiary alicyclic amines) is 1. The quantitative estimate of drug-likeness (QED) is 0.863. The van der Waals surface area contributed by atoms with E-state index in [1.54, 1.807) is 0 Å². The van der Waals surface area contributed by atoms with Crippen molar-refractivity contribution in [3.05, 3.63) is 48.0 Å². The SMILES string of the molecule is CN1C(=O)[C@@H](NC(=O)c2ncn(Cc3ccccc3)n2)CC[C@@H]2[C@H]1CC2(F)F. The highest BCUT2D eigenvalue weighted by atomic mass is 19.3. The van der Waals surface area contributed by atoms with Crippen LogP contribution in [-0.2, 0) is 11.3 Å². The number of nitrogens with zero attached hydrogens (tertiary/aromatic N) is 4. The standard InChI is InChI=1S/C19H21F2N5O2/c1-25-15-9-19(20,21)13(15)7-8-14(18(25)28)23-17(27)16-22-11-26(24-16)10-12-5-3-2-4-6-12/h2-6,11,13-15H,7-10H2,1H3,(H,23,27)/t13-,14+,15-/m1/s1. The number of hydrogen-bond acceptors (Lipinski definition) is 4. The molecule has 1 aromatic carbocycles. The Kier molecular flexibility index (Phi) is 4.60. The number of hydrogen-bond donors (Lipinski definition) is 1. The van der Waals surface area contributed by atoms with Crippen molar-refractivity contribution in [1.29, 1.82) is 0 Å². The monoisotopic (exact) mass is 389 g/mol. The van der Waals surface area contributed by atoms with Gasteiger partial charge < -0.3 is 10.2 Å². The average Bonchev–Trinajstić information content (AvgIpc) is 3.10. The van der Waals surface area contributed by atoms with Gasteiger partial charge in [-0.15, -0.1) is 5.10 Å². The van der Waals surface area contributed by atoms with Crippen LogP contribution in [0.15, 0.2) is 36.7 Å². The first-order chi connectivity index (χ1) is 13.3. The lowest BCUT2D eigenvalue weighted by molar-refractivity contribution is -0.181. The molecular weight excluding hydrogens is 368 g/mol. The highest BCUT2D eigenvalue weighted by Gasteiger charge is 2.59. The van der Waals surface area contributed by atoms with Gasteiger partial charge >= 0.3 is 0 Å². The van der Waals surface area contributed by atoms with Crippen LogP contribution in [0.2, 0.25) is 0 Å². The average molecular weight is 389 g/mol. The van der Waals surface area contributed by atoms with E-state index in [4.69, 9.17) is 0 Å². The van der Waals surface area contributed by atoms with E-state index in [2.05, 4.69) is 15.4 Å². The number of nitrogens with one attached hydrogen (secondary N) is 1. The first-order valence-electron chi connectivity index (χ1n) is 9.24. The fourth-order valence-electron chi connectivity index (χ4n) is 3.98. The summed E-state index contributed by atoms with van der Waals surface area (Å²) in [5.74, 6) is -4.56. The summed E-state index contributed by atoms with van der Waals surface area (Å²) in [7, 11) is 1.52. The Bertz CT molecular complexity index is 885. The molecule has 1 aliphatic heterocycles. The van der Waals surface area contributed by atoms with Crippen LogP contribution in [0.4, 0.5) is 8.78 Å². The lowest BCUT2D eigenvalue weighted by Gasteiger charge is -2.47. The summed E-state index contributed by atoms with van der Waals surface area (Å²) in [4.78, 5) is 30.4. The summed E-state index contributed by atoms with van der Waals surface area (Å²) in [6, 6.07) is 8.28. The molecule has 0 bridgehead atoms. The lowest BCUT2D eigenvalue weighted by Crippen LogP contribution is -2.59. The number of alkyl halides is 2. The maximum absolute atomic E-state index is 13.7. The predicted octanol–water partition coefficient (Wildman–Crippen LogP) is 1.70. The minimum Gasteiger partial charge on any atom is -0.340 e. The number of amides is 2. The molecule has 28 heavy (non-hydrogen) atoms. The topological polar surface area (TPSA) is 80.1 Å². The summed E-state index contributed by atoms with van der Waals surface area (Å²) in [5.41, 5.74) is 1.01. The van der Waals surface area contributed by atoms with Crippen molar-refractivity contribution in [3.8, 4) is 0 Å². The number of halogens is 2. The molecular formula is C19H21F2N5O2. The van der Waals surface area contributed by atoms with Crippen LogP contribution < -0.4 is 5.32 Å². The van der Waals surface area contributed by atoms with E-state index in [0.29, 0.717) is 6.54 Å². The summed E-state index contributed by atoms with van der Waals surface area (Å²) >= 11 is 0. The molecule has 1 saturated carbocycles. The van der Waals surface area contributed by atoms with Gasteiger partial charge in [0.05, 0.1) is 6.54 Å². The predicted molar refractivity (Wildman–Crippen MR) is 95.7 cm³/mol. The molecule has 4 rings (SSSR count). The molecule has 0 unspecified atom stereocenters. The number of fused-ring (bicyclic) bond motifs is 1. The maximum atomic E-state index is 13.7. The molecule has 2 heterocycles. The van der Waals surface area contributed by atoms with Crippen molar-refractivity contribution in [3.63, 3.8) is 0 Å². The molecule has 148 valence electrons. The first kappa shape index (κ1) is 18.5. The lowest BCUT2D eigenvalue weighted by atomic mass is 9.73. The van der Waals surface area contributed by atoms with E-state index in [-0.39, 0.29) is 31.0 Å². The molecule has 2 aliphatic rings. The Morgan fingerprint density at radius 3 is 2.75 bits per heavy atom. The van der Waals surface area contributed by atoms with Crippen LogP contribution in [0.5, 0.6) is 0 Å². The largest absolute Gasteiger partial charge is 0.340 e. The van der Waals surface area contributed by atoms with Gasteiger partial charge in [0.15, 0.2) is 0 Å². The second-order valence-electron chi connectivity index (χ2n) is 7.44. The number of likely N-dealkylation sites (N-methyl/N-ethyl adjacent to an activating group) is 1. The van der Waals surface area contributed by atoms with Gasteiger partial charge in [0.1, 0.15) is 12.4 Å². The van der Waals surface area contributed by atoms with Crippen LogP contribution in [0.1, 0.15) is 35.4 Å². The van der Waals surface area contributed by atoms with Crippen molar-refractivity contribution in [1.82, 2.24) is 25.0 Å². The normalized spacial score (nSPS) is 26.2. The van der Waals surface area contributed by atoms with Gasteiger partial charge in [-0.2, -0.15) is 0 Å². The molecule has 0 radical (unpaired) electrons. The van der Waals surface area contributed by atoms with E-state index in [1.807, 2.05) is 30.3 Å². The van der Waals surface area contributed by atoms with E-state index >= 15 is 0 Å².